The van der Waals surface area contributed by atoms with E-state index in [-0.39, 0.29) is 5.78 Å². The van der Waals surface area contributed by atoms with Crippen molar-refractivity contribution in [3.05, 3.63) is 29.8 Å². The Morgan fingerprint density at radius 3 is 2.12 bits per heavy atom. The van der Waals surface area contributed by atoms with E-state index in [0.29, 0.717) is 11.3 Å². The van der Waals surface area contributed by atoms with Crippen molar-refractivity contribution in [3.8, 4) is 5.75 Å². The third-order valence-corrected chi connectivity index (χ3v) is 2.06. The maximum atomic E-state index is 11.2. The Balaban J connectivity index is 2.74. The van der Waals surface area contributed by atoms with Gasteiger partial charge in [-0.25, -0.2) is 4.79 Å². The second kappa shape index (κ2) is 6.00. The van der Waals surface area contributed by atoms with E-state index in [2.05, 4.69) is 4.74 Å². The number of benzene rings is 1. The highest BCUT2D eigenvalue weighted by Crippen LogP contribution is 2.15. The predicted molar refractivity (Wildman–Crippen MR) is 59.9 cm³/mol. The minimum Gasteiger partial charge on any atom is -0.465 e. The van der Waals surface area contributed by atoms with Gasteiger partial charge in [0.2, 0.25) is 0 Å². The Kier molecular flexibility index (Phi) is 4.66. The van der Waals surface area contributed by atoms with Gasteiger partial charge in [-0.1, -0.05) is 0 Å². The summed E-state index contributed by atoms with van der Waals surface area (Å²) < 4.78 is 14.7. The zero-order valence-corrected chi connectivity index (χ0v) is 9.93. The topological polar surface area (TPSA) is 61.8 Å². The SMILES string of the molecule is COC(=O)c1ccc(OC(OC)C(C)=O)cc1. The molecule has 0 saturated heterocycles. The fraction of sp³-hybridized carbons (Fsp3) is 0.333. The number of Topliss-reactive ketones (excluding diaryl/α,β-unsaturated/α-hetero) is 1. The summed E-state index contributed by atoms with van der Waals surface area (Å²) in [4.78, 5) is 22.2. The van der Waals surface area contributed by atoms with Crippen molar-refractivity contribution in [2.45, 2.75) is 13.2 Å². The molecule has 5 nitrogen and oxygen atoms in total. The highest BCUT2D eigenvalue weighted by atomic mass is 16.7. The van der Waals surface area contributed by atoms with Crippen LogP contribution in [0.25, 0.3) is 0 Å². The molecule has 1 atom stereocenters. The van der Waals surface area contributed by atoms with Gasteiger partial charge in [-0.15, -0.1) is 0 Å². The van der Waals surface area contributed by atoms with E-state index in [1.54, 1.807) is 24.3 Å². The highest BCUT2D eigenvalue weighted by molar-refractivity contribution is 5.89. The fourth-order valence-electron chi connectivity index (χ4n) is 1.21. The van der Waals surface area contributed by atoms with E-state index in [0.717, 1.165) is 0 Å². The number of carbonyl (C=O) groups excluding carboxylic acids is 2. The van der Waals surface area contributed by atoms with Crippen LogP contribution in [-0.4, -0.2) is 32.3 Å². The van der Waals surface area contributed by atoms with Gasteiger partial charge in [0.05, 0.1) is 12.7 Å². The summed E-state index contributed by atoms with van der Waals surface area (Å²) in [5.41, 5.74) is 0.414. The van der Waals surface area contributed by atoms with Gasteiger partial charge in [0.15, 0.2) is 5.78 Å². The molecule has 0 fully saturated rings. The van der Waals surface area contributed by atoms with Gasteiger partial charge in [-0.2, -0.15) is 0 Å². The summed E-state index contributed by atoms with van der Waals surface area (Å²) >= 11 is 0. The largest absolute Gasteiger partial charge is 0.465 e. The first-order valence-corrected chi connectivity index (χ1v) is 4.96. The van der Waals surface area contributed by atoms with Crippen molar-refractivity contribution >= 4 is 11.8 Å². The van der Waals surface area contributed by atoms with Crippen LogP contribution >= 0.6 is 0 Å². The molecule has 5 heteroatoms. The number of esters is 1. The van der Waals surface area contributed by atoms with Crippen LogP contribution in [0.15, 0.2) is 24.3 Å². The lowest BCUT2D eigenvalue weighted by molar-refractivity contribution is -0.143. The van der Waals surface area contributed by atoms with Crippen molar-refractivity contribution in [3.63, 3.8) is 0 Å². The minimum atomic E-state index is -0.932. The highest BCUT2D eigenvalue weighted by Gasteiger charge is 2.14. The molecule has 92 valence electrons. The average molecular weight is 238 g/mol. The number of ketones is 1. The third kappa shape index (κ3) is 3.57. The molecule has 0 heterocycles. The Labute approximate surface area is 99.3 Å². The van der Waals surface area contributed by atoms with Crippen LogP contribution in [0.5, 0.6) is 5.75 Å². The first-order valence-electron chi connectivity index (χ1n) is 4.96. The molecule has 0 aromatic heterocycles. The number of hydrogen-bond acceptors (Lipinski definition) is 5. The molecule has 1 rings (SSSR count). The van der Waals surface area contributed by atoms with E-state index in [4.69, 9.17) is 9.47 Å². The molecule has 0 N–H and O–H groups in total. The monoisotopic (exact) mass is 238 g/mol. The standard InChI is InChI=1S/C12H14O5/c1-8(13)12(16-3)17-10-6-4-9(5-7-10)11(14)15-2/h4-7,12H,1-3H3. The zero-order chi connectivity index (χ0) is 12.8. The summed E-state index contributed by atoms with van der Waals surface area (Å²) in [7, 11) is 2.69. The molecule has 1 unspecified atom stereocenters. The van der Waals surface area contributed by atoms with Gasteiger partial charge < -0.3 is 14.2 Å². The summed E-state index contributed by atoms with van der Waals surface area (Å²) in [6.45, 7) is 1.37. The lowest BCUT2D eigenvalue weighted by atomic mass is 10.2. The second-order valence-corrected chi connectivity index (χ2v) is 3.31. The number of rotatable bonds is 5. The van der Waals surface area contributed by atoms with Crippen LogP contribution in [0.2, 0.25) is 0 Å². The van der Waals surface area contributed by atoms with Gasteiger partial charge >= 0.3 is 5.97 Å². The molecule has 0 aliphatic rings. The maximum absolute atomic E-state index is 11.2. The Morgan fingerprint density at radius 1 is 1.12 bits per heavy atom. The molecule has 0 spiro atoms. The summed E-state index contributed by atoms with van der Waals surface area (Å²) in [6.07, 6.45) is -0.932. The van der Waals surface area contributed by atoms with Crippen molar-refractivity contribution in [2.75, 3.05) is 14.2 Å². The lowest BCUT2D eigenvalue weighted by Crippen LogP contribution is -2.26. The number of hydrogen-bond donors (Lipinski definition) is 0. The molecule has 0 aliphatic heterocycles. The molecular formula is C12H14O5. The van der Waals surface area contributed by atoms with Crippen LogP contribution < -0.4 is 4.74 Å². The quantitative estimate of drug-likeness (QED) is 0.573. The minimum absolute atomic E-state index is 0.232. The van der Waals surface area contributed by atoms with E-state index < -0.39 is 12.3 Å². The molecule has 0 bridgehead atoms. The van der Waals surface area contributed by atoms with Crippen LogP contribution in [0.3, 0.4) is 0 Å². The Morgan fingerprint density at radius 2 is 1.71 bits per heavy atom. The predicted octanol–water partition coefficient (Wildman–Crippen LogP) is 1.41. The normalized spacial score (nSPS) is 11.7. The van der Waals surface area contributed by atoms with Crippen LogP contribution in [-0.2, 0) is 14.3 Å². The number of ether oxygens (including phenoxy) is 3. The zero-order valence-electron chi connectivity index (χ0n) is 9.93. The average Bonchev–Trinajstić information content (AvgIpc) is 2.35. The van der Waals surface area contributed by atoms with E-state index in [1.807, 2.05) is 0 Å². The number of methoxy groups -OCH3 is 2. The van der Waals surface area contributed by atoms with Crippen molar-refractivity contribution in [1.29, 1.82) is 0 Å². The summed E-state index contributed by atoms with van der Waals surface area (Å²) in [5, 5.41) is 0. The van der Waals surface area contributed by atoms with E-state index >= 15 is 0 Å². The van der Waals surface area contributed by atoms with Crippen molar-refractivity contribution in [1.82, 2.24) is 0 Å². The van der Waals surface area contributed by atoms with Crippen molar-refractivity contribution in [2.24, 2.45) is 0 Å². The fourth-order valence-corrected chi connectivity index (χ4v) is 1.21. The Bertz CT molecular complexity index is 396. The molecule has 0 amide bonds. The van der Waals surface area contributed by atoms with Crippen LogP contribution in [0, 0.1) is 0 Å². The number of carbonyl (C=O) groups is 2. The smallest absolute Gasteiger partial charge is 0.337 e. The lowest BCUT2D eigenvalue weighted by Gasteiger charge is -2.14. The molecule has 17 heavy (non-hydrogen) atoms. The molecule has 0 radical (unpaired) electrons. The van der Waals surface area contributed by atoms with Crippen LogP contribution in [0.4, 0.5) is 0 Å². The van der Waals surface area contributed by atoms with E-state index in [9.17, 15) is 9.59 Å². The summed E-state index contributed by atoms with van der Waals surface area (Å²) in [5.74, 6) is -0.212. The molecule has 1 aromatic rings. The maximum Gasteiger partial charge on any atom is 0.337 e. The molecule has 0 saturated carbocycles. The van der Waals surface area contributed by atoms with Gasteiger partial charge in [-0.3, -0.25) is 4.79 Å². The van der Waals surface area contributed by atoms with Crippen LogP contribution in [0.1, 0.15) is 17.3 Å². The van der Waals surface area contributed by atoms with E-state index in [1.165, 1.54) is 21.1 Å². The molecule has 0 aliphatic carbocycles. The second-order valence-electron chi connectivity index (χ2n) is 3.31. The molecular weight excluding hydrogens is 224 g/mol. The first kappa shape index (κ1) is 13.2. The van der Waals surface area contributed by atoms with Gasteiger partial charge in [0.1, 0.15) is 5.75 Å². The summed E-state index contributed by atoms with van der Waals surface area (Å²) in [6, 6.07) is 6.24. The first-order chi connectivity index (χ1) is 8.08. The molecule has 1 aromatic carbocycles. The van der Waals surface area contributed by atoms with Gasteiger partial charge in [0.25, 0.3) is 6.29 Å². The Hall–Kier alpha value is -1.88. The third-order valence-electron chi connectivity index (χ3n) is 2.06. The van der Waals surface area contributed by atoms with Gasteiger partial charge in [0, 0.05) is 14.0 Å². The van der Waals surface area contributed by atoms with Gasteiger partial charge in [-0.05, 0) is 24.3 Å². The van der Waals surface area contributed by atoms with Crippen molar-refractivity contribution < 1.29 is 23.8 Å².